The lowest BCUT2D eigenvalue weighted by molar-refractivity contribution is -0.133. The van der Waals surface area contributed by atoms with Crippen molar-refractivity contribution < 1.29 is 4.79 Å². The zero-order valence-corrected chi connectivity index (χ0v) is 9.98. The SMILES string of the molecule is C[C@H](Cl)C(=O)N(C1CC1)[C@H]1CCSC1. The van der Waals surface area contributed by atoms with E-state index in [1.807, 2.05) is 11.8 Å². The van der Waals surface area contributed by atoms with E-state index in [0.29, 0.717) is 12.1 Å². The first-order valence-electron chi connectivity index (χ1n) is 5.24. The predicted molar refractivity (Wildman–Crippen MR) is 60.9 cm³/mol. The average Bonchev–Trinajstić information content (AvgIpc) is 2.81. The van der Waals surface area contributed by atoms with Crippen molar-refractivity contribution in [1.82, 2.24) is 4.90 Å². The molecule has 2 atom stereocenters. The van der Waals surface area contributed by atoms with Gasteiger partial charge in [-0.1, -0.05) is 0 Å². The third kappa shape index (κ3) is 2.19. The molecular weight excluding hydrogens is 218 g/mol. The molecule has 1 amide bonds. The minimum atomic E-state index is -0.360. The summed E-state index contributed by atoms with van der Waals surface area (Å²) in [4.78, 5) is 14.0. The molecule has 0 bridgehead atoms. The van der Waals surface area contributed by atoms with Gasteiger partial charge in [0.25, 0.3) is 0 Å². The fraction of sp³-hybridized carbons (Fsp3) is 0.900. The van der Waals surface area contributed by atoms with Gasteiger partial charge < -0.3 is 4.90 Å². The largest absolute Gasteiger partial charge is 0.335 e. The smallest absolute Gasteiger partial charge is 0.240 e. The van der Waals surface area contributed by atoms with E-state index in [1.165, 1.54) is 18.6 Å². The van der Waals surface area contributed by atoms with E-state index in [-0.39, 0.29) is 11.3 Å². The van der Waals surface area contributed by atoms with Gasteiger partial charge in [0.1, 0.15) is 5.38 Å². The molecule has 2 rings (SSSR count). The van der Waals surface area contributed by atoms with Gasteiger partial charge in [0.2, 0.25) is 5.91 Å². The number of amides is 1. The summed E-state index contributed by atoms with van der Waals surface area (Å²) in [6.45, 7) is 1.78. The Bertz CT molecular complexity index is 224. The second-order valence-electron chi connectivity index (χ2n) is 4.11. The van der Waals surface area contributed by atoms with Crippen LogP contribution in [0.25, 0.3) is 0 Å². The maximum absolute atomic E-state index is 11.9. The number of carbonyl (C=O) groups excluding carboxylic acids is 1. The Kier molecular flexibility index (Phi) is 3.27. The first kappa shape index (κ1) is 10.6. The molecular formula is C10H16ClNOS. The van der Waals surface area contributed by atoms with Crippen LogP contribution in [0.5, 0.6) is 0 Å². The van der Waals surface area contributed by atoms with E-state index >= 15 is 0 Å². The Morgan fingerprint density at radius 1 is 1.43 bits per heavy atom. The molecule has 0 spiro atoms. The zero-order valence-electron chi connectivity index (χ0n) is 8.41. The molecule has 0 aromatic rings. The normalized spacial score (nSPS) is 28.9. The molecule has 1 saturated carbocycles. The van der Waals surface area contributed by atoms with Gasteiger partial charge in [-0.05, 0) is 31.9 Å². The average molecular weight is 234 g/mol. The molecule has 1 aliphatic heterocycles. The monoisotopic (exact) mass is 233 g/mol. The summed E-state index contributed by atoms with van der Waals surface area (Å²) in [5.74, 6) is 2.44. The maximum atomic E-state index is 11.9. The minimum absolute atomic E-state index is 0.140. The van der Waals surface area contributed by atoms with E-state index in [2.05, 4.69) is 4.90 Å². The van der Waals surface area contributed by atoms with E-state index < -0.39 is 0 Å². The molecule has 80 valence electrons. The fourth-order valence-electron chi connectivity index (χ4n) is 1.96. The van der Waals surface area contributed by atoms with Gasteiger partial charge in [-0.25, -0.2) is 0 Å². The molecule has 1 heterocycles. The standard InChI is InChI=1S/C10H16ClNOS/c1-7(11)10(13)12(8-2-3-8)9-4-5-14-6-9/h7-9H,2-6H2,1H3/t7-,9-/m0/s1. The number of carbonyl (C=O) groups is 1. The number of hydrogen-bond donors (Lipinski definition) is 0. The Morgan fingerprint density at radius 3 is 2.57 bits per heavy atom. The van der Waals surface area contributed by atoms with Crippen LogP contribution in [0.3, 0.4) is 0 Å². The summed E-state index contributed by atoms with van der Waals surface area (Å²) in [7, 11) is 0. The van der Waals surface area contributed by atoms with Crippen LogP contribution in [0.1, 0.15) is 26.2 Å². The Balaban J connectivity index is 2.02. The highest BCUT2D eigenvalue weighted by Crippen LogP contribution is 2.34. The predicted octanol–water partition coefficient (Wildman–Crippen LogP) is 2.11. The van der Waals surface area contributed by atoms with Crippen molar-refractivity contribution in [3.8, 4) is 0 Å². The van der Waals surface area contributed by atoms with Crippen molar-refractivity contribution in [2.24, 2.45) is 0 Å². The Morgan fingerprint density at radius 2 is 2.14 bits per heavy atom. The molecule has 1 saturated heterocycles. The third-order valence-electron chi connectivity index (χ3n) is 2.83. The molecule has 0 aromatic carbocycles. The second kappa shape index (κ2) is 4.31. The number of hydrogen-bond acceptors (Lipinski definition) is 2. The van der Waals surface area contributed by atoms with Crippen molar-refractivity contribution in [1.29, 1.82) is 0 Å². The summed E-state index contributed by atoms with van der Waals surface area (Å²) in [5.41, 5.74) is 0. The lowest BCUT2D eigenvalue weighted by atomic mass is 10.2. The summed E-state index contributed by atoms with van der Waals surface area (Å²) in [5, 5.41) is -0.360. The molecule has 1 aliphatic carbocycles. The van der Waals surface area contributed by atoms with Crippen LogP contribution >= 0.6 is 23.4 Å². The number of thioether (sulfide) groups is 1. The first-order chi connectivity index (χ1) is 6.70. The number of alkyl halides is 1. The molecule has 2 nitrogen and oxygen atoms in total. The number of nitrogens with zero attached hydrogens (tertiary/aromatic N) is 1. The van der Waals surface area contributed by atoms with Crippen LogP contribution in [0.15, 0.2) is 0 Å². The van der Waals surface area contributed by atoms with Gasteiger partial charge in [-0.15, -0.1) is 11.6 Å². The third-order valence-corrected chi connectivity index (χ3v) is 4.17. The van der Waals surface area contributed by atoms with Crippen LogP contribution in [0.2, 0.25) is 0 Å². The zero-order chi connectivity index (χ0) is 10.1. The highest BCUT2D eigenvalue weighted by atomic mass is 35.5. The number of rotatable bonds is 3. The Labute approximate surface area is 94.4 Å². The maximum Gasteiger partial charge on any atom is 0.240 e. The minimum Gasteiger partial charge on any atom is -0.335 e. The quantitative estimate of drug-likeness (QED) is 0.696. The molecule has 0 N–H and O–H groups in total. The second-order valence-corrected chi connectivity index (χ2v) is 5.91. The molecule has 0 radical (unpaired) electrons. The molecule has 14 heavy (non-hydrogen) atoms. The summed E-state index contributed by atoms with van der Waals surface area (Å²) < 4.78 is 0. The van der Waals surface area contributed by atoms with E-state index in [1.54, 1.807) is 6.92 Å². The summed E-state index contributed by atoms with van der Waals surface area (Å²) >= 11 is 7.82. The van der Waals surface area contributed by atoms with E-state index in [9.17, 15) is 4.79 Å². The lowest BCUT2D eigenvalue weighted by Gasteiger charge is -2.29. The van der Waals surface area contributed by atoms with Crippen LogP contribution in [-0.4, -0.2) is 39.8 Å². The fourth-order valence-corrected chi connectivity index (χ4v) is 3.28. The van der Waals surface area contributed by atoms with Crippen molar-refractivity contribution in [3.05, 3.63) is 0 Å². The van der Waals surface area contributed by atoms with Gasteiger partial charge in [0.15, 0.2) is 0 Å². The van der Waals surface area contributed by atoms with Crippen molar-refractivity contribution in [2.75, 3.05) is 11.5 Å². The highest BCUT2D eigenvalue weighted by molar-refractivity contribution is 7.99. The van der Waals surface area contributed by atoms with E-state index in [0.717, 1.165) is 12.2 Å². The van der Waals surface area contributed by atoms with Gasteiger partial charge in [0.05, 0.1) is 0 Å². The molecule has 0 unspecified atom stereocenters. The van der Waals surface area contributed by atoms with Crippen molar-refractivity contribution in [3.63, 3.8) is 0 Å². The van der Waals surface area contributed by atoms with Crippen LogP contribution in [0, 0.1) is 0 Å². The number of halogens is 1. The Hall–Kier alpha value is 0.110. The van der Waals surface area contributed by atoms with Crippen LogP contribution < -0.4 is 0 Å². The molecule has 0 aromatic heterocycles. The van der Waals surface area contributed by atoms with Gasteiger partial charge >= 0.3 is 0 Å². The molecule has 2 aliphatic rings. The summed E-state index contributed by atoms with van der Waals surface area (Å²) in [6, 6.07) is 0.966. The van der Waals surface area contributed by atoms with Crippen LogP contribution in [0.4, 0.5) is 0 Å². The lowest BCUT2D eigenvalue weighted by Crippen LogP contribution is -2.45. The highest BCUT2D eigenvalue weighted by Gasteiger charge is 2.39. The van der Waals surface area contributed by atoms with E-state index in [4.69, 9.17) is 11.6 Å². The first-order valence-corrected chi connectivity index (χ1v) is 6.83. The molecule has 4 heteroatoms. The van der Waals surface area contributed by atoms with Gasteiger partial charge in [0, 0.05) is 17.8 Å². The van der Waals surface area contributed by atoms with Crippen molar-refractivity contribution >= 4 is 29.3 Å². The summed E-state index contributed by atoms with van der Waals surface area (Å²) in [6.07, 6.45) is 3.50. The topological polar surface area (TPSA) is 20.3 Å². The van der Waals surface area contributed by atoms with Crippen molar-refractivity contribution in [2.45, 2.75) is 43.6 Å². The van der Waals surface area contributed by atoms with Gasteiger partial charge in [-0.3, -0.25) is 4.79 Å². The van der Waals surface area contributed by atoms with Crippen LogP contribution in [-0.2, 0) is 4.79 Å². The van der Waals surface area contributed by atoms with Gasteiger partial charge in [-0.2, -0.15) is 11.8 Å². The molecule has 2 fully saturated rings.